The van der Waals surface area contributed by atoms with E-state index < -0.39 is 29.2 Å². The molecule has 0 bridgehead atoms. The summed E-state index contributed by atoms with van der Waals surface area (Å²) in [7, 11) is 0. The van der Waals surface area contributed by atoms with Gasteiger partial charge in [0.05, 0.1) is 11.4 Å². The minimum absolute atomic E-state index is 0.143. The summed E-state index contributed by atoms with van der Waals surface area (Å²) >= 11 is 4.32. The molecule has 0 saturated carbocycles. The molecule has 1 aliphatic rings. The van der Waals surface area contributed by atoms with Gasteiger partial charge in [0.1, 0.15) is 6.61 Å². The molecule has 0 aromatic heterocycles. The van der Waals surface area contributed by atoms with Crippen LogP contribution >= 0.6 is 12.2 Å². The number of carbonyl (C=O) groups excluding carboxylic acids is 1. The maximum absolute atomic E-state index is 12.0. The number of thiocarbonyl (C=S) groups is 1. The zero-order chi connectivity index (χ0) is 17.0. The Balaban J connectivity index is 2.20. The van der Waals surface area contributed by atoms with Crippen LogP contribution < -0.4 is 0 Å². The smallest absolute Gasteiger partial charge is 0.418 e. The second-order valence-corrected chi connectivity index (χ2v) is 4.64. The number of aliphatic hydroxyl groups is 4. The van der Waals surface area contributed by atoms with E-state index in [4.69, 9.17) is 4.74 Å². The summed E-state index contributed by atoms with van der Waals surface area (Å²) in [4.78, 5) is 15.5. The van der Waals surface area contributed by atoms with Gasteiger partial charge >= 0.3 is 12.0 Å². The first-order valence-electron chi connectivity index (χ1n) is 6.25. The van der Waals surface area contributed by atoms with Gasteiger partial charge in [0.25, 0.3) is 0 Å². The van der Waals surface area contributed by atoms with Gasteiger partial charge in [-0.25, -0.2) is 9.69 Å². The average molecular weight is 336 g/mol. The van der Waals surface area contributed by atoms with Crippen molar-refractivity contribution in [1.29, 1.82) is 0 Å². The number of aliphatic hydroxyl groups excluding tert-OH is 2. The van der Waals surface area contributed by atoms with E-state index in [1.807, 2.05) is 5.16 Å². The van der Waals surface area contributed by atoms with Crippen molar-refractivity contribution in [3.63, 3.8) is 0 Å². The van der Waals surface area contributed by atoms with Gasteiger partial charge in [-0.15, -0.1) is 0 Å². The minimum atomic E-state index is -3.15. The molecule has 1 amide bonds. The van der Waals surface area contributed by atoms with Crippen molar-refractivity contribution in [3.8, 4) is 0 Å². The van der Waals surface area contributed by atoms with Gasteiger partial charge in [0, 0.05) is 0 Å². The molecule has 0 fully saturated rings. The number of carbonyl (C=O) groups is 1. The monoisotopic (exact) mass is 336 g/mol. The summed E-state index contributed by atoms with van der Waals surface area (Å²) < 4.78 is 4.91. The Morgan fingerprint density at radius 2 is 1.96 bits per heavy atom. The highest BCUT2D eigenvalue weighted by molar-refractivity contribution is 7.78. The lowest BCUT2D eigenvalue weighted by Gasteiger charge is -2.33. The van der Waals surface area contributed by atoms with Gasteiger partial charge in [-0.3, -0.25) is 0 Å². The normalized spacial score (nSPS) is 16.4. The molecule has 1 heterocycles. The topological polar surface area (TPSA) is 123 Å². The standard InChI is InChI=1S/C14H12N2O6S/c17-10-6-16(14(20,21)12(18)11(10)15-8-23)13(19)22-7-9-4-2-1-3-5-9/h1-6,17-18,20-21H,7H2. The molecular formula is C14H12N2O6S. The Morgan fingerprint density at radius 1 is 1.30 bits per heavy atom. The first-order valence-corrected chi connectivity index (χ1v) is 6.66. The molecule has 0 spiro atoms. The van der Waals surface area contributed by atoms with Crippen LogP contribution in [0, 0.1) is 0 Å². The third kappa shape index (κ3) is 3.38. The molecule has 0 radical (unpaired) electrons. The second kappa shape index (κ2) is 6.59. The number of benzene rings is 1. The molecule has 1 aromatic carbocycles. The van der Waals surface area contributed by atoms with E-state index in [1.165, 1.54) is 0 Å². The lowest BCUT2D eigenvalue weighted by Crippen LogP contribution is -2.52. The van der Waals surface area contributed by atoms with Gasteiger partial charge in [-0.2, -0.15) is 4.99 Å². The molecule has 8 nitrogen and oxygen atoms in total. The van der Waals surface area contributed by atoms with Crippen LogP contribution in [-0.2, 0) is 11.3 Å². The summed E-state index contributed by atoms with van der Waals surface area (Å²) in [6.07, 6.45) is -0.555. The SMILES string of the molecule is O=C(OCc1ccccc1)N1C=C(O)C(N=C=S)=C(O)C1(O)O. The van der Waals surface area contributed by atoms with Gasteiger partial charge in [-0.05, 0) is 17.8 Å². The fourth-order valence-corrected chi connectivity index (χ4v) is 1.88. The van der Waals surface area contributed by atoms with Crippen molar-refractivity contribution < 1.29 is 30.0 Å². The van der Waals surface area contributed by atoms with Crippen LogP contribution in [0.4, 0.5) is 4.79 Å². The molecule has 1 aliphatic heterocycles. The summed E-state index contributed by atoms with van der Waals surface area (Å²) in [5.74, 6) is -5.05. The number of rotatable bonds is 3. The lowest BCUT2D eigenvalue weighted by molar-refractivity contribution is -0.228. The van der Waals surface area contributed by atoms with E-state index in [2.05, 4.69) is 17.2 Å². The van der Waals surface area contributed by atoms with Crippen molar-refractivity contribution in [3.05, 3.63) is 59.3 Å². The van der Waals surface area contributed by atoms with Crippen LogP contribution in [0.2, 0.25) is 0 Å². The van der Waals surface area contributed by atoms with Gasteiger partial charge in [0.15, 0.2) is 11.5 Å². The first kappa shape index (κ1) is 16.7. The predicted molar refractivity (Wildman–Crippen MR) is 81.0 cm³/mol. The fraction of sp³-hybridized carbons (Fsp3) is 0.143. The molecule has 4 N–H and O–H groups in total. The van der Waals surface area contributed by atoms with E-state index >= 15 is 0 Å². The Hall–Kier alpha value is -2.71. The molecule has 0 unspecified atom stereocenters. The summed E-state index contributed by atoms with van der Waals surface area (Å²) in [6.45, 7) is -0.143. The molecule has 23 heavy (non-hydrogen) atoms. The Kier molecular flexibility index (Phi) is 4.77. The van der Waals surface area contributed by atoms with E-state index in [0.717, 1.165) is 0 Å². The number of isothiocyanates is 1. The van der Waals surface area contributed by atoms with E-state index in [9.17, 15) is 25.2 Å². The van der Waals surface area contributed by atoms with Crippen LogP contribution in [-0.4, -0.2) is 42.5 Å². The van der Waals surface area contributed by atoms with E-state index in [1.54, 1.807) is 30.3 Å². The number of hydrogen-bond acceptors (Lipinski definition) is 8. The molecule has 0 aliphatic carbocycles. The van der Waals surface area contributed by atoms with Crippen molar-refractivity contribution >= 4 is 23.5 Å². The van der Waals surface area contributed by atoms with Crippen molar-refractivity contribution in [2.45, 2.75) is 12.5 Å². The highest BCUT2D eigenvalue weighted by Crippen LogP contribution is 2.30. The van der Waals surface area contributed by atoms with E-state index in [0.29, 0.717) is 11.8 Å². The van der Waals surface area contributed by atoms with E-state index in [-0.39, 0.29) is 11.5 Å². The summed E-state index contributed by atoms with van der Waals surface area (Å²) in [5.41, 5.74) is 0.0513. The Bertz CT molecular complexity index is 722. The predicted octanol–water partition coefficient (Wildman–Crippen LogP) is 1.55. The Morgan fingerprint density at radius 3 is 2.57 bits per heavy atom. The number of ether oxygens (including phenoxy) is 1. The minimum Gasteiger partial charge on any atom is -0.504 e. The zero-order valence-corrected chi connectivity index (χ0v) is 12.4. The zero-order valence-electron chi connectivity index (χ0n) is 11.6. The highest BCUT2D eigenvalue weighted by atomic mass is 32.1. The van der Waals surface area contributed by atoms with Gasteiger partial charge in [0.2, 0.25) is 5.76 Å². The molecule has 0 atom stereocenters. The number of hydrogen-bond donors (Lipinski definition) is 4. The maximum atomic E-state index is 12.0. The molecule has 2 rings (SSSR count). The summed E-state index contributed by atoms with van der Waals surface area (Å²) in [5, 5.41) is 41.1. The lowest BCUT2D eigenvalue weighted by atomic mass is 10.2. The maximum Gasteiger partial charge on any atom is 0.418 e. The largest absolute Gasteiger partial charge is 0.504 e. The van der Waals surface area contributed by atoms with Crippen LogP contribution in [0.3, 0.4) is 0 Å². The first-order chi connectivity index (χ1) is 10.9. The van der Waals surface area contributed by atoms with Gasteiger partial charge < -0.3 is 25.2 Å². The average Bonchev–Trinajstić information content (AvgIpc) is 2.54. The van der Waals surface area contributed by atoms with Crippen molar-refractivity contribution in [2.24, 2.45) is 4.99 Å². The third-order valence-corrected chi connectivity index (χ3v) is 3.02. The number of nitrogens with zero attached hydrogens (tertiary/aromatic N) is 2. The number of amides is 1. The molecule has 1 aromatic rings. The quantitative estimate of drug-likeness (QED) is 0.375. The third-order valence-electron chi connectivity index (χ3n) is 2.93. The number of aliphatic imine (C=N–C) groups is 1. The van der Waals surface area contributed by atoms with Crippen LogP contribution in [0.1, 0.15) is 5.56 Å². The van der Waals surface area contributed by atoms with Crippen molar-refractivity contribution in [2.75, 3.05) is 0 Å². The molecule has 9 heteroatoms. The Labute approximate surface area is 135 Å². The summed E-state index contributed by atoms with van der Waals surface area (Å²) in [6, 6.07) is 8.66. The van der Waals surface area contributed by atoms with Crippen LogP contribution in [0.15, 0.2) is 58.7 Å². The molecular weight excluding hydrogens is 324 g/mol. The highest BCUT2D eigenvalue weighted by Gasteiger charge is 2.46. The van der Waals surface area contributed by atoms with Crippen LogP contribution in [0.5, 0.6) is 0 Å². The van der Waals surface area contributed by atoms with Gasteiger partial charge in [-0.1, -0.05) is 30.3 Å². The van der Waals surface area contributed by atoms with Crippen molar-refractivity contribution in [1.82, 2.24) is 4.90 Å². The fourth-order valence-electron chi connectivity index (χ4n) is 1.79. The molecule has 0 saturated heterocycles. The molecule has 120 valence electrons. The second-order valence-electron chi connectivity index (χ2n) is 4.46. The van der Waals surface area contributed by atoms with Crippen LogP contribution in [0.25, 0.3) is 0 Å².